The molecule has 0 bridgehead atoms. The molecule has 0 atom stereocenters. The van der Waals surface area contributed by atoms with Crippen molar-refractivity contribution in [2.75, 3.05) is 5.06 Å². The number of nitrogens with zero attached hydrogens (tertiary/aromatic N) is 3. The molecule has 1 radical (unpaired) electrons. The Hall–Kier alpha value is -1.93. The van der Waals surface area contributed by atoms with Gasteiger partial charge in [0.25, 0.3) is 0 Å². The largest absolute Gasteiger partial charge is 0.758 e. The Kier molecular flexibility index (Phi) is 4.29. The molecule has 0 saturated carbocycles. The van der Waals surface area contributed by atoms with Crippen LogP contribution in [0, 0.1) is 22.0 Å². The minimum Gasteiger partial charge on any atom is -0.758 e. The van der Waals surface area contributed by atoms with Gasteiger partial charge in [0.05, 0.1) is 0 Å². The van der Waals surface area contributed by atoms with E-state index in [-0.39, 0.29) is 5.69 Å². The highest BCUT2D eigenvalue weighted by Gasteiger charge is 2.60. The number of hydrogen-bond acceptors (Lipinski definition) is 4. The van der Waals surface area contributed by atoms with E-state index in [9.17, 15) is 24.4 Å². The molecule has 0 unspecified atom stereocenters. The van der Waals surface area contributed by atoms with Crippen LogP contribution in [0.3, 0.4) is 0 Å². The number of anilines is 1. The molecule has 8 heteroatoms. The zero-order chi connectivity index (χ0) is 19.5. The fraction of sp³-hybridized carbons (Fsp3) is 0.588. The van der Waals surface area contributed by atoms with E-state index in [0.717, 1.165) is 12.1 Å². The molecule has 1 aromatic rings. The molecule has 2 rings (SSSR count). The van der Waals surface area contributed by atoms with Crippen molar-refractivity contribution in [1.29, 1.82) is 0 Å². The third-order valence-corrected chi connectivity index (χ3v) is 4.99. The van der Waals surface area contributed by atoms with Crippen LogP contribution in [-0.4, -0.2) is 32.3 Å². The lowest BCUT2D eigenvalue weighted by Gasteiger charge is -2.43. The highest BCUT2D eigenvalue weighted by Crippen LogP contribution is 2.39. The Morgan fingerprint density at radius 3 is 1.88 bits per heavy atom. The second-order valence-corrected chi connectivity index (χ2v) is 8.28. The summed E-state index contributed by atoms with van der Waals surface area (Å²) in [6.45, 7) is 10.9. The number of hydrogen-bond donors (Lipinski definition) is 0. The van der Waals surface area contributed by atoms with Gasteiger partial charge in [0.2, 0.25) is 0 Å². The van der Waals surface area contributed by atoms with Crippen LogP contribution in [0.1, 0.15) is 54.0 Å². The zero-order valence-corrected chi connectivity index (χ0v) is 15.5. The van der Waals surface area contributed by atoms with Gasteiger partial charge < -0.3 is 15.5 Å². The molecule has 0 fully saturated rings. The number of amidine groups is 1. The molecule has 0 saturated heterocycles. The van der Waals surface area contributed by atoms with Gasteiger partial charge in [-0.1, -0.05) is 5.06 Å². The molecule has 1 aromatic carbocycles. The zero-order valence-electron chi connectivity index (χ0n) is 15.5. The lowest BCUT2D eigenvalue weighted by atomic mass is 9.84. The molecule has 0 N–H and O–H groups in total. The average molecular weight is 355 g/mol. The summed E-state index contributed by atoms with van der Waals surface area (Å²) in [5, 5.41) is 38.1. The van der Waals surface area contributed by atoms with Crippen molar-refractivity contribution in [3.8, 4) is 0 Å². The van der Waals surface area contributed by atoms with Crippen LogP contribution in [0.25, 0.3) is 0 Å². The maximum atomic E-state index is 14.6. The third kappa shape index (κ3) is 2.73. The molecule has 1 heterocycles. The lowest BCUT2D eigenvalue weighted by Crippen LogP contribution is -2.53. The number of benzene rings is 1. The topological polar surface area (TPSA) is 75.5 Å². The van der Waals surface area contributed by atoms with E-state index in [0.29, 0.717) is 14.9 Å². The smallest absolute Gasteiger partial charge is 0.322 e. The van der Waals surface area contributed by atoms with Crippen LogP contribution in [0.4, 0.5) is 14.5 Å². The Labute approximate surface area is 146 Å². The molecule has 25 heavy (non-hydrogen) atoms. The van der Waals surface area contributed by atoms with Crippen molar-refractivity contribution in [2.24, 2.45) is 0 Å². The van der Waals surface area contributed by atoms with E-state index in [4.69, 9.17) is 0 Å². The number of rotatable bonds is 2. The predicted molar refractivity (Wildman–Crippen MR) is 90.4 cm³/mol. The van der Waals surface area contributed by atoms with Crippen molar-refractivity contribution in [3.63, 3.8) is 0 Å². The SMILES string of the molecule is CC(C)(C)N([O-])c1cc(F)c(C2=[N+]([O-])C(C)(C)C(C)(C)N2[O])c(F)c1. The number of hydroxylamine groups is 4. The number of halogens is 2. The van der Waals surface area contributed by atoms with Crippen molar-refractivity contribution in [3.05, 3.63) is 39.7 Å². The van der Waals surface area contributed by atoms with Gasteiger partial charge in [0.15, 0.2) is 5.54 Å². The molecule has 0 amide bonds. The summed E-state index contributed by atoms with van der Waals surface area (Å²) < 4.78 is 29.5. The Balaban J connectivity index is 2.65. The van der Waals surface area contributed by atoms with Gasteiger partial charge in [-0.15, -0.1) is 0 Å². The Bertz CT molecular complexity index is 716. The average Bonchev–Trinajstić information content (AvgIpc) is 2.57. The van der Waals surface area contributed by atoms with E-state index in [1.165, 1.54) is 27.7 Å². The molecular formula is C17H23F2N3O3-. The fourth-order valence-corrected chi connectivity index (χ4v) is 2.59. The van der Waals surface area contributed by atoms with E-state index < -0.39 is 39.7 Å². The van der Waals surface area contributed by atoms with Gasteiger partial charge in [-0.2, -0.15) is 0 Å². The third-order valence-electron chi connectivity index (χ3n) is 4.99. The van der Waals surface area contributed by atoms with Gasteiger partial charge in [0, 0.05) is 16.4 Å². The van der Waals surface area contributed by atoms with Crippen molar-refractivity contribution >= 4 is 11.5 Å². The monoisotopic (exact) mass is 355 g/mol. The quantitative estimate of drug-likeness (QED) is 0.462. The van der Waals surface area contributed by atoms with Crippen LogP contribution in [0.2, 0.25) is 0 Å². The normalized spacial score (nSPS) is 19.6. The van der Waals surface area contributed by atoms with Crippen LogP contribution < -0.4 is 5.06 Å². The summed E-state index contributed by atoms with van der Waals surface area (Å²) in [5.41, 5.74) is -4.25. The van der Waals surface area contributed by atoms with Crippen LogP contribution in [0.15, 0.2) is 12.1 Å². The molecular weight excluding hydrogens is 332 g/mol. The fourth-order valence-electron chi connectivity index (χ4n) is 2.59. The molecule has 6 nitrogen and oxygen atoms in total. The molecule has 1 aliphatic heterocycles. The van der Waals surface area contributed by atoms with E-state index >= 15 is 0 Å². The summed E-state index contributed by atoms with van der Waals surface area (Å²) in [6.07, 6.45) is 0. The Morgan fingerprint density at radius 1 is 1.12 bits per heavy atom. The maximum absolute atomic E-state index is 14.6. The van der Waals surface area contributed by atoms with Gasteiger partial charge in [-0.25, -0.2) is 8.78 Å². The van der Waals surface area contributed by atoms with E-state index in [2.05, 4.69) is 0 Å². The lowest BCUT2D eigenvalue weighted by molar-refractivity contribution is -0.539. The van der Waals surface area contributed by atoms with Crippen molar-refractivity contribution in [2.45, 2.75) is 65.1 Å². The summed E-state index contributed by atoms with van der Waals surface area (Å²) in [6, 6.07) is 1.67. The van der Waals surface area contributed by atoms with Gasteiger partial charge in [0.1, 0.15) is 22.7 Å². The first-order valence-corrected chi connectivity index (χ1v) is 7.92. The first kappa shape index (κ1) is 19.4. The maximum Gasteiger partial charge on any atom is 0.322 e. The summed E-state index contributed by atoms with van der Waals surface area (Å²) in [5.74, 6) is -2.90. The Morgan fingerprint density at radius 2 is 1.56 bits per heavy atom. The molecule has 1 aliphatic rings. The highest BCUT2D eigenvalue weighted by atomic mass is 19.1. The minimum absolute atomic E-state index is 0.224. The second-order valence-electron chi connectivity index (χ2n) is 8.28. The van der Waals surface area contributed by atoms with Gasteiger partial charge in [-0.05, 0) is 60.6 Å². The predicted octanol–water partition coefficient (Wildman–Crippen LogP) is 3.54. The minimum atomic E-state index is -1.20. The van der Waals surface area contributed by atoms with Crippen molar-refractivity contribution < 1.29 is 18.7 Å². The highest BCUT2D eigenvalue weighted by molar-refractivity contribution is 5.97. The summed E-state index contributed by atoms with van der Waals surface area (Å²) >= 11 is 0. The first-order valence-electron chi connectivity index (χ1n) is 7.92. The second kappa shape index (κ2) is 5.54. The van der Waals surface area contributed by atoms with Crippen LogP contribution >= 0.6 is 0 Å². The van der Waals surface area contributed by atoms with E-state index in [1.807, 2.05) is 0 Å². The van der Waals surface area contributed by atoms with Crippen LogP contribution in [0.5, 0.6) is 0 Å². The van der Waals surface area contributed by atoms with Crippen molar-refractivity contribution in [1.82, 2.24) is 5.06 Å². The standard InChI is InChI=1S/C17H23F2N3O3/c1-15(2,3)20(23)10-8-11(18)13(12(19)9-10)14-21(24)16(4,5)17(6,7)22(14)25/h8-9H,1-7H3/q-1. The molecule has 0 aromatic heterocycles. The molecule has 0 aliphatic carbocycles. The first-order chi connectivity index (χ1) is 11.1. The van der Waals surface area contributed by atoms with E-state index in [1.54, 1.807) is 20.8 Å². The van der Waals surface area contributed by atoms with Gasteiger partial charge in [-0.3, -0.25) is 4.74 Å². The summed E-state index contributed by atoms with van der Waals surface area (Å²) in [7, 11) is 0. The summed E-state index contributed by atoms with van der Waals surface area (Å²) in [4.78, 5) is 0. The molecule has 139 valence electrons. The van der Waals surface area contributed by atoms with Gasteiger partial charge >= 0.3 is 5.84 Å². The molecule has 0 spiro atoms. The van der Waals surface area contributed by atoms with Crippen LogP contribution in [-0.2, 0) is 5.21 Å².